The van der Waals surface area contributed by atoms with E-state index in [1.165, 1.54) is 23.9 Å². The van der Waals surface area contributed by atoms with Gasteiger partial charge in [0.15, 0.2) is 10.0 Å². The summed E-state index contributed by atoms with van der Waals surface area (Å²) < 4.78 is 0. The van der Waals surface area contributed by atoms with Gasteiger partial charge in [0.05, 0.1) is 0 Å². The highest BCUT2D eigenvalue weighted by molar-refractivity contribution is 8.13. The molecule has 1 aliphatic heterocycles. The number of halogens is 3. The molecule has 1 atom stereocenters. The Labute approximate surface area is 140 Å². The maximum Gasteiger partial charge on any atom is 0.277 e. The monoisotopic (exact) mass is 365 g/mol. The van der Waals surface area contributed by atoms with E-state index in [0.29, 0.717) is 15.8 Å². The standard InChI is InChI=1S/C12H10Cl3N3O2S/c1-21-11-16-10(20)12(18-11,9(14)15)17-8(19)6-2-4-7(13)5-3-6/h2-5,9H,1H3,(H,17,19)(H,16,18,20). The number of nitrogens with zero attached hydrogens (tertiary/aromatic N) is 1. The molecule has 2 rings (SSSR count). The molecule has 9 heteroatoms. The molecule has 1 unspecified atom stereocenters. The van der Waals surface area contributed by atoms with Crippen molar-refractivity contribution in [2.75, 3.05) is 6.26 Å². The van der Waals surface area contributed by atoms with Gasteiger partial charge >= 0.3 is 0 Å². The highest BCUT2D eigenvalue weighted by atomic mass is 35.5. The fourth-order valence-corrected chi connectivity index (χ4v) is 2.62. The van der Waals surface area contributed by atoms with Gasteiger partial charge in [0, 0.05) is 10.6 Å². The van der Waals surface area contributed by atoms with E-state index in [0.717, 1.165) is 0 Å². The van der Waals surface area contributed by atoms with Gasteiger partial charge in [-0.1, -0.05) is 46.6 Å². The van der Waals surface area contributed by atoms with Crippen LogP contribution in [0.1, 0.15) is 10.4 Å². The molecule has 0 fully saturated rings. The lowest BCUT2D eigenvalue weighted by Gasteiger charge is -2.25. The van der Waals surface area contributed by atoms with Crippen molar-refractivity contribution in [2.45, 2.75) is 10.5 Å². The first-order valence-corrected chi connectivity index (χ1v) is 8.18. The van der Waals surface area contributed by atoms with Crippen molar-refractivity contribution in [3.63, 3.8) is 0 Å². The minimum absolute atomic E-state index is 0.313. The van der Waals surface area contributed by atoms with Gasteiger partial charge in [-0.05, 0) is 30.5 Å². The van der Waals surface area contributed by atoms with Gasteiger partial charge in [0.25, 0.3) is 11.8 Å². The summed E-state index contributed by atoms with van der Waals surface area (Å²) in [7, 11) is 0. The first-order chi connectivity index (χ1) is 9.89. The fourth-order valence-electron chi connectivity index (χ4n) is 1.66. The smallest absolute Gasteiger partial charge is 0.277 e. The lowest BCUT2D eigenvalue weighted by atomic mass is 10.1. The molecule has 0 aromatic heterocycles. The number of amides is 2. The van der Waals surface area contributed by atoms with Gasteiger partial charge in [-0.25, -0.2) is 4.99 Å². The molecule has 0 radical (unpaired) electrons. The number of carbonyl (C=O) groups excluding carboxylic acids is 2. The van der Waals surface area contributed by atoms with Crippen molar-refractivity contribution in [3.05, 3.63) is 34.9 Å². The molecule has 1 aliphatic rings. The SMILES string of the molecule is CSC1=NC(NC(=O)c2ccc(Cl)cc2)(C(Cl)Cl)C(=O)N1. The number of nitrogens with one attached hydrogen (secondary N) is 2. The van der Waals surface area contributed by atoms with Gasteiger partial charge in [-0.15, -0.1) is 0 Å². The number of alkyl halides is 2. The van der Waals surface area contributed by atoms with Gasteiger partial charge in [-0.2, -0.15) is 0 Å². The zero-order valence-electron chi connectivity index (χ0n) is 10.7. The number of thioether (sulfide) groups is 1. The molecule has 112 valence electrons. The lowest BCUT2D eigenvalue weighted by molar-refractivity contribution is -0.124. The van der Waals surface area contributed by atoms with Crippen LogP contribution in [0.2, 0.25) is 5.02 Å². The quantitative estimate of drug-likeness (QED) is 0.807. The van der Waals surface area contributed by atoms with Gasteiger partial charge in [-0.3, -0.25) is 9.59 Å². The molecule has 1 aromatic rings. The van der Waals surface area contributed by atoms with Crippen LogP contribution in [0, 0.1) is 0 Å². The van der Waals surface area contributed by atoms with Crippen LogP contribution in [0.5, 0.6) is 0 Å². The Bertz CT molecular complexity index is 606. The Hall–Kier alpha value is -0.950. The van der Waals surface area contributed by atoms with Gasteiger partial charge < -0.3 is 10.6 Å². The zero-order chi connectivity index (χ0) is 15.6. The predicted molar refractivity (Wildman–Crippen MR) is 86.2 cm³/mol. The highest BCUT2D eigenvalue weighted by Crippen LogP contribution is 2.28. The second kappa shape index (κ2) is 6.44. The van der Waals surface area contributed by atoms with Crippen molar-refractivity contribution < 1.29 is 9.59 Å². The lowest BCUT2D eigenvalue weighted by Crippen LogP contribution is -2.58. The van der Waals surface area contributed by atoms with Crippen LogP contribution < -0.4 is 10.6 Å². The summed E-state index contributed by atoms with van der Waals surface area (Å²) in [6, 6.07) is 6.17. The summed E-state index contributed by atoms with van der Waals surface area (Å²) in [5.41, 5.74) is -1.42. The molecule has 5 nitrogen and oxygen atoms in total. The van der Waals surface area contributed by atoms with Crippen LogP contribution in [0.3, 0.4) is 0 Å². The van der Waals surface area contributed by atoms with E-state index < -0.39 is 22.3 Å². The Morgan fingerprint density at radius 3 is 2.48 bits per heavy atom. The molecule has 0 saturated carbocycles. The second-order valence-corrected chi connectivity index (χ2v) is 6.43. The van der Waals surface area contributed by atoms with E-state index in [1.54, 1.807) is 18.4 Å². The molecular weight excluding hydrogens is 357 g/mol. The average molecular weight is 367 g/mol. The van der Waals surface area contributed by atoms with E-state index in [-0.39, 0.29) is 0 Å². The number of hydrogen-bond acceptors (Lipinski definition) is 4. The average Bonchev–Trinajstić information content (AvgIpc) is 2.77. The molecule has 2 amide bonds. The molecule has 1 aromatic carbocycles. The van der Waals surface area contributed by atoms with E-state index in [1.807, 2.05) is 0 Å². The summed E-state index contributed by atoms with van der Waals surface area (Å²) >= 11 is 18.7. The summed E-state index contributed by atoms with van der Waals surface area (Å²) in [6.07, 6.45) is 1.73. The number of carbonyl (C=O) groups is 2. The zero-order valence-corrected chi connectivity index (χ0v) is 13.8. The van der Waals surface area contributed by atoms with Crippen molar-refractivity contribution in [2.24, 2.45) is 4.99 Å². The number of hydrogen-bond donors (Lipinski definition) is 2. The third kappa shape index (κ3) is 3.29. The molecule has 21 heavy (non-hydrogen) atoms. The van der Waals surface area contributed by atoms with Crippen molar-refractivity contribution >= 4 is 63.5 Å². The Kier molecular flexibility index (Phi) is 5.03. The normalized spacial score (nSPS) is 21.2. The third-order valence-corrected chi connectivity index (χ3v) is 4.23. The molecule has 0 aliphatic carbocycles. The minimum atomic E-state index is -1.74. The fraction of sp³-hybridized carbons (Fsp3) is 0.250. The summed E-state index contributed by atoms with van der Waals surface area (Å²) in [5, 5.41) is 5.83. The maximum atomic E-state index is 12.2. The molecule has 0 spiro atoms. The summed E-state index contributed by atoms with van der Waals surface area (Å²) in [4.78, 5) is 27.2. The van der Waals surface area contributed by atoms with E-state index >= 15 is 0 Å². The number of benzene rings is 1. The third-order valence-electron chi connectivity index (χ3n) is 2.76. The van der Waals surface area contributed by atoms with Crippen LogP contribution in [0.4, 0.5) is 0 Å². The number of amidine groups is 1. The van der Waals surface area contributed by atoms with Crippen LogP contribution in [-0.4, -0.2) is 33.7 Å². The van der Waals surface area contributed by atoms with E-state index in [4.69, 9.17) is 34.8 Å². The Morgan fingerprint density at radius 1 is 1.38 bits per heavy atom. The van der Waals surface area contributed by atoms with Crippen LogP contribution in [0.15, 0.2) is 29.3 Å². The van der Waals surface area contributed by atoms with Gasteiger partial charge in [0.2, 0.25) is 5.66 Å². The summed E-state index contributed by atoms with van der Waals surface area (Å²) in [5.74, 6) is -1.11. The molecular formula is C12H10Cl3N3O2S. The highest BCUT2D eigenvalue weighted by Gasteiger charge is 2.50. The van der Waals surface area contributed by atoms with Crippen LogP contribution in [-0.2, 0) is 4.79 Å². The van der Waals surface area contributed by atoms with E-state index in [9.17, 15) is 9.59 Å². The van der Waals surface area contributed by atoms with Gasteiger partial charge in [0.1, 0.15) is 0 Å². The Balaban J connectivity index is 2.29. The number of rotatable bonds is 3. The first-order valence-electron chi connectivity index (χ1n) is 5.70. The minimum Gasteiger partial charge on any atom is -0.318 e. The van der Waals surface area contributed by atoms with Crippen molar-refractivity contribution in [1.82, 2.24) is 10.6 Å². The number of aliphatic imine (C=N–C) groups is 1. The van der Waals surface area contributed by atoms with Crippen molar-refractivity contribution in [1.29, 1.82) is 0 Å². The first kappa shape index (κ1) is 16.4. The largest absolute Gasteiger partial charge is 0.318 e. The molecule has 0 bridgehead atoms. The molecule has 2 N–H and O–H groups in total. The van der Waals surface area contributed by atoms with Crippen molar-refractivity contribution in [3.8, 4) is 0 Å². The predicted octanol–water partition coefficient (Wildman–Crippen LogP) is 2.42. The maximum absolute atomic E-state index is 12.2. The Morgan fingerprint density at radius 2 is 2.00 bits per heavy atom. The molecule has 0 saturated heterocycles. The topological polar surface area (TPSA) is 70.6 Å². The van der Waals surface area contributed by atoms with Crippen LogP contribution in [0.25, 0.3) is 0 Å². The van der Waals surface area contributed by atoms with E-state index in [2.05, 4.69) is 15.6 Å². The van der Waals surface area contributed by atoms with Crippen LogP contribution >= 0.6 is 46.6 Å². The summed E-state index contributed by atoms with van der Waals surface area (Å²) in [6.45, 7) is 0. The second-order valence-electron chi connectivity index (χ2n) is 4.10. The molecule has 1 heterocycles.